The average Bonchev–Trinajstić information content (AvgIpc) is 3.35. The Hall–Kier alpha value is -4.39. The third-order valence-corrected chi connectivity index (χ3v) is 5.61. The van der Waals surface area contributed by atoms with Crippen molar-refractivity contribution >= 4 is 17.3 Å². The minimum Gasteiger partial charge on any atom is -0.497 e. The Kier molecular flexibility index (Phi) is 5.36. The van der Waals surface area contributed by atoms with Crippen LogP contribution in [-0.4, -0.2) is 23.3 Å². The standard InChI is InChI=1S/C26H22N4O3/c1-17-22(25-28-24(29-33-25)18-10-5-3-6-11-18)23(19-12-9-15-21(16-19)32-2)27-26(31)30(17)20-13-7-4-8-14-20/h3-16,23H,1-2H3,(H,27,31). The number of carbonyl (C=O) groups excluding carboxylic acids is 1. The number of nitrogens with zero attached hydrogens (tertiary/aromatic N) is 3. The van der Waals surface area contributed by atoms with Crippen LogP contribution in [0.3, 0.4) is 0 Å². The fourth-order valence-corrected chi connectivity index (χ4v) is 4.02. The summed E-state index contributed by atoms with van der Waals surface area (Å²) in [5.41, 5.74) is 3.88. The molecule has 0 saturated heterocycles. The van der Waals surface area contributed by atoms with Crippen molar-refractivity contribution in [2.45, 2.75) is 13.0 Å². The molecule has 0 radical (unpaired) electrons. The van der Waals surface area contributed by atoms with Gasteiger partial charge in [0.15, 0.2) is 0 Å². The first-order valence-corrected chi connectivity index (χ1v) is 10.6. The smallest absolute Gasteiger partial charge is 0.326 e. The van der Waals surface area contributed by atoms with Gasteiger partial charge in [0, 0.05) is 11.3 Å². The summed E-state index contributed by atoms with van der Waals surface area (Å²) in [6, 6.07) is 26.0. The second-order valence-electron chi connectivity index (χ2n) is 7.62. The Morgan fingerprint density at radius 3 is 2.42 bits per heavy atom. The third kappa shape index (κ3) is 3.85. The minimum absolute atomic E-state index is 0.238. The Morgan fingerprint density at radius 2 is 1.70 bits per heavy atom. The van der Waals surface area contributed by atoms with Crippen molar-refractivity contribution in [3.05, 3.63) is 102 Å². The van der Waals surface area contributed by atoms with Crippen molar-refractivity contribution in [2.24, 2.45) is 0 Å². The number of hydrogen-bond acceptors (Lipinski definition) is 5. The molecule has 0 fully saturated rings. The van der Waals surface area contributed by atoms with E-state index in [1.54, 1.807) is 12.0 Å². The first-order chi connectivity index (χ1) is 16.2. The monoisotopic (exact) mass is 438 g/mol. The van der Waals surface area contributed by atoms with Crippen LogP contribution >= 0.6 is 0 Å². The van der Waals surface area contributed by atoms with Crippen LogP contribution < -0.4 is 15.0 Å². The van der Waals surface area contributed by atoms with E-state index in [2.05, 4.69) is 15.5 Å². The van der Waals surface area contributed by atoms with Crippen LogP contribution in [0.25, 0.3) is 17.0 Å². The summed E-state index contributed by atoms with van der Waals surface area (Å²) in [5, 5.41) is 7.30. The SMILES string of the molecule is COc1cccc(C2NC(=O)N(c3ccccc3)C(C)=C2c2nc(-c3ccccc3)no2)c1. The topological polar surface area (TPSA) is 80.5 Å². The van der Waals surface area contributed by atoms with Crippen LogP contribution in [0, 0.1) is 0 Å². The lowest BCUT2D eigenvalue weighted by Crippen LogP contribution is -2.46. The lowest BCUT2D eigenvalue weighted by molar-refractivity contribution is 0.244. The molecule has 5 rings (SSSR count). The number of ether oxygens (including phenoxy) is 1. The van der Waals surface area contributed by atoms with Crippen LogP contribution in [-0.2, 0) is 0 Å². The van der Waals surface area contributed by atoms with Crippen LogP contribution in [0.1, 0.15) is 24.4 Å². The molecule has 1 aromatic heterocycles. The number of rotatable bonds is 5. The van der Waals surface area contributed by atoms with Gasteiger partial charge in [0.25, 0.3) is 5.89 Å². The number of anilines is 1. The van der Waals surface area contributed by atoms with Crippen molar-refractivity contribution in [3.8, 4) is 17.1 Å². The van der Waals surface area contributed by atoms with Crippen LogP contribution in [0.15, 0.2) is 95.1 Å². The van der Waals surface area contributed by atoms with Crippen molar-refractivity contribution in [1.29, 1.82) is 0 Å². The van der Waals surface area contributed by atoms with E-state index in [9.17, 15) is 4.79 Å². The molecule has 0 saturated carbocycles. The highest BCUT2D eigenvalue weighted by atomic mass is 16.5. The molecule has 7 heteroatoms. The molecule has 1 atom stereocenters. The van der Waals surface area contributed by atoms with Gasteiger partial charge in [-0.2, -0.15) is 4.98 Å². The Labute approximate surface area is 191 Å². The van der Waals surface area contributed by atoms with E-state index >= 15 is 0 Å². The summed E-state index contributed by atoms with van der Waals surface area (Å²) in [6.45, 7) is 1.89. The molecule has 3 aromatic carbocycles. The zero-order valence-corrected chi connectivity index (χ0v) is 18.2. The zero-order chi connectivity index (χ0) is 22.8. The molecular weight excluding hydrogens is 416 g/mol. The average molecular weight is 438 g/mol. The van der Waals surface area contributed by atoms with Crippen molar-refractivity contribution in [2.75, 3.05) is 12.0 Å². The van der Waals surface area contributed by atoms with Crippen LogP contribution in [0.4, 0.5) is 10.5 Å². The molecule has 4 aromatic rings. The molecule has 2 amide bonds. The van der Waals surface area contributed by atoms with Gasteiger partial charge in [-0.25, -0.2) is 4.79 Å². The maximum Gasteiger partial charge on any atom is 0.326 e. The second-order valence-corrected chi connectivity index (χ2v) is 7.62. The number of benzene rings is 3. The zero-order valence-electron chi connectivity index (χ0n) is 18.2. The molecule has 2 heterocycles. The Balaban J connectivity index is 1.66. The summed E-state index contributed by atoms with van der Waals surface area (Å²) in [4.78, 5) is 19.5. The van der Waals surface area contributed by atoms with Crippen LogP contribution in [0.2, 0.25) is 0 Å². The first-order valence-electron chi connectivity index (χ1n) is 10.6. The van der Waals surface area contributed by atoms with E-state index in [0.29, 0.717) is 23.2 Å². The lowest BCUT2D eigenvalue weighted by Gasteiger charge is -2.35. The van der Waals surface area contributed by atoms with Gasteiger partial charge < -0.3 is 14.6 Å². The Bertz CT molecular complexity index is 1320. The summed E-state index contributed by atoms with van der Waals surface area (Å²) in [5.74, 6) is 1.53. The number of aromatic nitrogens is 2. The molecule has 1 unspecified atom stereocenters. The van der Waals surface area contributed by atoms with Gasteiger partial charge in [-0.15, -0.1) is 0 Å². The quantitative estimate of drug-likeness (QED) is 0.448. The van der Waals surface area contributed by atoms with E-state index in [1.165, 1.54) is 0 Å². The lowest BCUT2D eigenvalue weighted by atomic mass is 9.94. The molecule has 1 aliphatic rings. The number of allylic oxidation sites excluding steroid dienone is 1. The van der Waals surface area contributed by atoms with E-state index < -0.39 is 6.04 Å². The maximum absolute atomic E-state index is 13.2. The number of amides is 2. The molecule has 33 heavy (non-hydrogen) atoms. The summed E-state index contributed by atoms with van der Waals surface area (Å²) in [7, 11) is 1.61. The number of nitrogens with one attached hydrogen (secondary N) is 1. The highest BCUT2D eigenvalue weighted by Gasteiger charge is 2.36. The fourth-order valence-electron chi connectivity index (χ4n) is 4.02. The predicted octanol–water partition coefficient (Wildman–Crippen LogP) is 5.45. The van der Waals surface area contributed by atoms with Gasteiger partial charge in [0.2, 0.25) is 5.82 Å². The van der Waals surface area contributed by atoms with E-state index in [1.807, 2.05) is 91.9 Å². The van der Waals surface area contributed by atoms with Crippen molar-refractivity contribution in [1.82, 2.24) is 15.5 Å². The highest BCUT2D eigenvalue weighted by Crippen LogP contribution is 2.39. The van der Waals surface area contributed by atoms with Crippen molar-refractivity contribution < 1.29 is 14.1 Å². The summed E-state index contributed by atoms with van der Waals surface area (Å²) >= 11 is 0. The minimum atomic E-state index is -0.489. The number of methoxy groups -OCH3 is 1. The Morgan fingerprint density at radius 1 is 0.970 bits per heavy atom. The number of para-hydroxylation sites is 1. The van der Waals surface area contributed by atoms with Crippen LogP contribution in [0.5, 0.6) is 5.75 Å². The van der Waals surface area contributed by atoms with Gasteiger partial charge >= 0.3 is 6.03 Å². The molecule has 0 bridgehead atoms. The molecule has 1 N–H and O–H groups in total. The molecule has 164 valence electrons. The van der Waals surface area contributed by atoms with Gasteiger partial charge in [0.05, 0.1) is 24.4 Å². The van der Waals surface area contributed by atoms with E-state index in [4.69, 9.17) is 9.26 Å². The molecular formula is C26H22N4O3. The largest absolute Gasteiger partial charge is 0.497 e. The second kappa shape index (κ2) is 8.63. The molecule has 7 nitrogen and oxygen atoms in total. The van der Waals surface area contributed by atoms with Gasteiger partial charge in [-0.3, -0.25) is 4.90 Å². The summed E-state index contributed by atoms with van der Waals surface area (Å²) in [6.07, 6.45) is 0. The predicted molar refractivity (Wildman–Crippen MR) is 126 cm³/mol. The van der Waals surface area contributed by atoms with Gasteiger partial charge in [0.1, 0.15) is 5.75 Å². The van der Waals surface area contributed by atoms with Gasteiger partial charge in [-0.1, -0.05) is 65.8 Å². The normalized spacial score (nSPS) is 16.0. The maximum atomic E-state index is 13.2. The van der Waals surface area contributed by atoms with E-state index in [-0.39, 0.29) is 6.03 Å². The highest BCUT2D eigenvalue weighted by molar-refractivity contribution is 6.01. The van der Waals surface area contributed by atoms with Crippen molar-refractivity contribution in [3.63, 3.8) is 0 Å². The van der Waals surface area contributed by atoms with Gasteiger partial charge in [-0.05, 0) is 36.8 Å². The molecule has 0 aliphatic carbocycles. The van der Waals surface area contributed by atoms with E-state index in [0.717, 1.165) is 22.4 Å². The molecule has 0 spiro atoms. The number of hydrogen-bond donors (Lipinski definition) is 1. The number of urea groups is 1. The number of carbonyl (C=O) groups is 1. The third-order valence-electron chi connectivity index (χ3n) is 5.61. The molecule has 1 aliphatic heterocycles. The summed E-state index contributed by atoms with van der Waals surface area (Å²) < 4.78 is 11.1. The first kappa shape index (κ1) is 20.5. The fraction of sp³-hybridized carbons (Fsp3) is 0.115.